The van der Waals surface area contributed by atoms with Gasteiger partial charge >= 0.3 is 0 Å². The predicted molar refractivity (Wildman–Crippen MR) is 71.3 cm³/mol. The van der Waals surface area contributed by atoms with Crippen LogP contribution in [0.2, 0.25) is 0 Å². The van der Waals surface area contributed by atoms with Crippen LogP contribution < -0.4 is 5.73 Å². The first-order valence-corrected chi connectivity index (χ1v) is 6.66. The van der Waals surface area contributed by atoms with Gasteiger partial charge < -0.3 is 10.5 Å². The van der Waals surface area contributed by atoms with Crippen LogP contribution in [-0.4, -0.2) is 46.5 Å². The van der Waals surface area contributed by atoms with Crippen molar-refractivity contribution < 1.29 is 4.74 Å². The number of hydrogen-bond acceptors (Lipinski definition) is 4. The maximum atomic E-state index is 6.44. The largest absolute Gasteiger partial charge is 0.379 e. The van der Waals surface area contributed by atoms with Gasteiger partial charge in [-0.15, -0.1) is 0 Å². The highest BCUT2D eigenvalue weighted by molar-refractivity contribution is 5.15. The average molecular weight is 252 g/mol. The minimum absolute atomic E-state index is 0.0316. The van der Waals surface area contributed by atoms with Crippen molar-refractivity contribution in [3.63, 3.8) is 0 Å². The molecular formula is C13H24N4O. The van der Waals surface area contributed by atoms with E-state index in [-0.39, 0.29) is 11.6 Å². The number of aryl methyl sites for hydroxylation is 1. The maximum absolute atomic E-state index is 6.44. The normalized spacial score (nSPS) is 20.0. The lowest BCUT2D eigenvalue weighted by molar-refractivity contribution is -0.0190. The summed E-state index contributed by atoms with van der Waals surface area (Å²) in [7, 11) is 0. The zero-order valence-electron chi connectivity index (χ0n) is 11.6. The van der Waals surface area contributed by atoms with E-state index in [0.717, 1.165) is 38.4 Å². The quantitative estimate of drug-likeness (QED) is 0.869. The van der Waals surface area contributed by atoms with Crippen molar-refractivity contribution in [1.29, 1.82) is 0 Å². The van der Waals surface area contributed by atoms with Gasteiger partial charge in [-0.2, -0.15) is 5.10 Å². The van der Waals surface area contributed by atoms with E-state index in [1.165, 1.54) is 0 Å². The maximum Gasteiger partial charge on any atom is 0.0594 e. The van der Waals surface area contributed by atoms with Gasteiger partial charge in [0.25, 0.3) is 0 Å². The van der Waals surface area contributed by atoms with Gasteiger partial charge in [0.15, 0.2) is 0 Å². The second kappa shape index (κ2) is 5.38. The molecule has 2 rings (SSSR count). The zero-order valence-corrected chi connectivity index (χ0v) is 11.6. The van der Waals surface area contributed by atoms with Gasteiger partial charge in [0, 0.05) is 36.9 Å². The summed E-state index contributed by atoms with van der Waals surface area (Å²) in [6.07, 6.45) is 3.93. The molecule has 1 aliphatic heterocycles. The Bertz CT molecular complexity index is 382. The Hall–Kier alpha value is -0.910. The van der Waals surface area contributed by atoms with Crippen LogP contribution >= 0.6 is 0 Å². The zero-order chi connectivity index (χ0) is 13.2. The Kier molecular flexibility index (Phi) is 4.04. The third kappa shape index (κ3) is 2.58. The second-order valence-corrected chi connectivity index (χ2v) is 5.36. The molecule has 0 spiro atoms. The molecule has 1 aromatic rings. The topological polar surface area (TPSA) is 56.3 Å². The number of rotatable bonds is 4. The van der Waals surface area contributed by atoms with Gasteiger partial charge in [0.2, 0.25) is 0 Å². The first kappa shape index (κ1) is 13.5. The molecule has 102 valence electrons. The Balaban J connectivity index is 2.12. The minimum atomic E-state index is -0.0780. The number of ether oxygens (including phenoxy) is 1. The molecule has 1 fully saturated rings. The first-order chi connectivity index (χ1) is 8.55. The third-order valence-corrected chi connectivity index (χ3v) is 3.92. The van der Waals surface area contributed by atoms with Gasteiger partial charge in [0.1, 0.15) is 0 Å². The van der Waals surface area contributed by atoms with Crippen molar-refractivity contribution >= 4 is 0 Å². The molecule has 1 aliphatic rings. The lowest BCUT2D eigenvalue weighted by atomic mass is 9.89. The van der Waals surface area contributed by atoms with E-state index in [9.17, 15) is 0 Å². The molecule has 2 heterocycles. The molecule has 1 atom stereocenters. The summed E-state index contributed by atoms with van der Waals surface area (Å²) in [4.78, 5) is 2.41. The SMILES string of the molecule is CCn1cc(C(N)C(C)(C)N2CCOCC2)cn1. The van der Waals surface area contributed by atoms with E-state index in [4.69, 9.17) is 10.5 Å². The van der Waals surface area contributed by atoms with Crippen LogP contribution in [0.3, 0.4) is 0 Å². The summed E-state index contributed by atoms with van der Waals surface area (Å²) in [5, 5.41) is 4.31. The Morgan fingerprint density at radius 1 is 1.44 bits per heavy atom. The van der Waals surface area contributed by atoms with Gasteiger partial charge in [-0.3, -0.25) is 9.58 Å². The van der Waals surface area contributed by atoms with Gasteiger partial charge in [0.05, 0.1) is 25.5 Å². The van der Waals surface area contributed by atoms with E-state index in [1.807, 2.05) is 17.1 Å². The number of nitrogens with two attached hydrogens (primary N) is 1. The van der Waals surface area contributed by atoms with Crippen LogP contribution in [0.4, 0.5) is 0 Å². The number of hydrogen-bond donors (Lipinski definition) is 1. The van der Waals surface area contributed by atoms with Gasteiger partial charge in [-0.05, 0) is 20.8 Å². The highest BCUT2D eigenvalue weighted by Gasteiger charge is 2.35. The van der Waals surface area contributed by atoms with Crippen molar-refractivity contribution in [1.82, 2.24) is 14.7 Å². The van der Waals surface area contributed by atoms with Gasteiger partial charge in [-0.25, -0.2) is 0 Å². The lowest BCUT2D eigenvalue weighted by Crippen LogP contribution is -2.55. The van der Waals surface area contributed by atoms with Crippen LogP contribution in [0.15, 0.2) is 12.4 Å². The number of morpholine rings is 1. The number of nitrogens with zero attached hydrogens (tertiary/aromatic N) is 3. The minimum Gasteiger partial charge on any atom is -0.379 e. The van der Waals surface area contributed by atoms with E-state index in [1.54, 1.807) is 0 Å². The Labute approximate surface area is 109 Å². The first-order valence-electron chi connectivity index (χ1n) is 6.66. The van der Waals surface area contributed by atoms with E-state index in [2.05, 4.69) is 30.8 Å². The second-order valence-electron chi connectivity index (χ2n) is 5.36. The Morgan fingerprint density at radius 2 is 2.11 bits per heavy atom. The van der Waals surface area contributed by atoms with Crippen LogP contribution in [0.25, 0.3) is 0 Å². The molecule has 5 heteroatoms. The molecule has 0 bridgehead atoms. The highest BCUT2D eigenvalue weighted by atomic mass is 16.5. The van der Waals surface area contributed by atoms with Crippen LogP contribution in [-0.2, 0) is 11.3 Å². The van der Waals surface area contributed by atoms with Crippen molar-refractivity contribution in [3.05, 3.63) is 18.0 Å². The van der Waals surface area contributed by atoms with Crippen molar-refractivity contribution in [3.8, 4) is 0 Å². The summed E-state index contributed by atoms with van der Waals surface area (Å²) in [5.41, 5.74) is 7.46. The fourth-order valence-corrected chi connectivity index (χ4v) is 2.46. The van der Waals surface area contributed by atoms with Crippen molar-refractivity contribution in [2.75, 3.05) is 26.3 Å². The van der Waals surface area contributed by atoms with Crippen LogP contribution in [0, 0.1) is 0 Å². The molecule has 18 heavy (non-hydrogen) atoms. The molecule has 0 amide bonds. The molecule has 0 radical (unpaired) electrons. The summed E-state index contributed by atoms with van der Waals surface area (Å²) in [5.74, 6) is 0. The smallest absolute Gasteiger partial charge is 0.0594 e. The summed E-state index contributed by atoms with van der Waals surface area (Å²) < 4.78 is 7.32. The molecule has 1 unspecified atom stereocenters. The monoisotopic (exact) mass is 252 g/mol. The summed E-state index contributed by atoms with van der Waals surface area (Å²) >= 11 is 0. The molecule has 1 aromatic heterocycles. The molecule has 0 saturated carbocycles. The fourth-order valence-electron chi connectivity index (χ4n) is 2.46. The fraction of sp³-hybridized carbons (Fsp3) is 0.769. The summed E-state index contributed by atoms with van der Waals surface area (Å²) in [6.45, 7) is 10.8. The average Bonchev–Trinajstić information content (AvgIpc) is 2.87. The van der Waals surface area contributed by atoms with Crippen molar-refractivity contribution in [2.24, 2.45) is 5.73 Å². The van der Waals surface area contributed by atoms with Crippen molar-refractivity contribution in [2.45, 2.75) is 38.9 Å². The molecule has 5 nitrogen and oxygen atoms in total. The predicted octanol–water partition coefficient (Wildman–Crippen LogP) is 1.01. The van der Waals surface area contributed by atoms with Gasteiger partial charge in [-0.1, -0.05) is 0 Å². The standard InChI is InChI=1S/C13H24N4O/c1-4-17-10-11(9-15-17)12(14)13(2,3)16-5-7-18-8-6-16/h9-10,12H,4-8,14H2,1-3H3. The molecule has 2 N–H and O–H groups in total. The van der Waals surface area contributed by atoms with E-state index in [0.29, 0.717) is 0 Å². The third-order valence-electron chi connectivity index (χ3n) is 3.92. The van der Waals surface area contributed by atoms with E-state index < -0.39 is 0 Å². The highest BCUT2D eigenvalue weighted by Crippen LogP contribution is 2.29. The molecular weight excluding hydrogens is 228 g/mol. The molecule has 0 aliphatic carbocycles. The summed E-state index contributed by atoms with van der Waals surface area (Å²) in [6, 6.07) is -0.0316. The lowest BCUT2D eigenvalue weighted by Gasteiger charge is -2.44. The van der Waals surface area contributed by atoms with E-state index >= 15 is 0 Å². The Morgan fingerprint density at radius 3 is 2.67 bits per heavy atom. The number of aromatic nitrogens is 2. The van der Waals surface area contributed by atoms with Crippen LogP contribution in [0.1, 0.15) is 32.4 Å². The molecule has 1 saturated heterocycles. The molecule has 0 aromatic carbocycles. The van der Waals surface area contributed by atoms with Crippen LogP contribution in [0.5, 0.6) is 0 Å².